The second-order valence-electron chi connectivity index (χ2n) is 7.76. The molecule has 0 spiro atoms. The molecule has 0 saturated carbocycles. The number of ether oxygens (including phenoxy) is 1. The highest BCUT2D eigenvalue weighted by Crippen LogP contribution is 2.25. The lowest BCUT2D eigenvalue weighted by atomic mass is 9.86. The first kappa shape index (κ1) is 19.4. The van der Waals surface area contributed by atoms with Crippen LogP contribution in [0.5, 0.6) is 0 Å². The van der Waals surface area contributed by atoms with E-state index in [1.54, 1.807) is 0 Å². The molecule has 2 atom stereocenters. The van der Waals surface area contributed by atoms with Gasteiger partial charge in [0.2, 0.25) is 5.91 Å². The zero-order valence-electron chi connectivity index (χ0n) is 15.7. The average molecular weight is 346 g/mol. The van der Waals surface area contributed by atoms with E-state index in [1.165, 1.54) is 12.7 Å². The van der Waals surface area contributed by atoms with Crippen molar-refractivity contribution >= 4 is 11.9 Å². The van der Waals surface area contributed by atoms with Gasteiger partial charge in [0.25, 0.3) is 0 Å². The van der Waals surface area contributed by atoms with E-state index in [9.17, 15) is 9.59 Å². The Labute approximate surface area is 150 Å². The van der Waals surface area contributed by atoms with Crippen LogP contribution in [-0.4, -0.2) is 32.1 Å². The first-order chi connectivity index (χ1) is 11.8. The molecule has 0 aromatic heterocycles. The summed E-state index contributed by atoms with van der Waals surface area (Å²) in [4.78, 5) is 24.4. The molecule has 0 bridgehead atoms. The highest BCUT2D eigenvalue weighted by molar-refractivity contribution is 5.80. The van der Waals surface area contributed by atoms with Crippen LogP contribution in [0, 0.1) is 5.92 Å². The van der Waals surface area contributed by atoms with Crippen molar-refractivity contribution < 1.29 is 14.3 Å². The van der Waals surface area contributed by atoms with Gasteiger partial charge in [0.1, 0.15) is 0 Å². The summed E-state index contributed by atoms with van der Waals surface area (Å²) >= 11 is 0. The zero-order chi connectivity index (χ0) is 18.4. The number of rotatable bonds is 5. The molecule has 2 N–H and O–H groups in total. The lowest BCUT2D eigenvalue weighted by Crippen LogP contribution is -2.42. The number of benzene rings is 1. The van der Waals surface area contributed by atoms with Crippen molar-refractivity contribution in [3.8, 4) is 0 Å². The van der Waals surface area contributed by atoms with E-state index in [4.69, 9.17) is 4.74 Å². The Hall–Kier alpha value is -1.88. The second kappa shape index (κ2) is 8.48. The molecule has 0 aliphatic carbocycles. The lowest BCUT2D eigenvalue weighted by molar-refractivity contribution is -0.141. The van der Waals surface area contributed by atoms with Gasteiger partial charge in [0, 0.05) is 6.54 Å². The predicted molar refractivity (Wildman–Crippen MR) is 98.3 cm³/mol. The van der Waals surface area contributed by atoms with Crippen LogP contribution >= 0.6 is 0 Å². The Morgan fingerprint density at radius 1 is 1.28 bits per heavy atom. The van der Waals surface area contributed by atoms with E-state index >= 15 is 0 Å². The molecule has 1 saturated heterocycles. The smallest absolute Gasteiger partial charge is 0.307 e. The topological polar surface area (TPSA) is 67.4 Å². The minimum absolute atomic E-state index is 0.000927. The van der Waals surface area contributed by atoms with Gasteiger partial charge < -0.3 is 15.4 Å². The van der Waals surface area contributed by atoms with Crippen molar-refractivity contribution in [3.05, 3.63) is 35.4 Å². The fourth-order valence-corrected chi connectivity index (χ4v) is 3.08. The van der Waals surface area contributed by atoms with E-state index in [0.29, 0.717) is 6.54 Å². The van der Waals surface area contributed by atoms with Gasteiger partial charge in [-0.25, -0.2) is 0 Å². The van der Waals surface area contributed by atoms with Crippen molar-refractivity contribution in [1.29, 1.82) is 0 Å². The number of nitrogens with one attached hydrogen (secondary N) is 2. The number of carbonyl (C=O) groups excluding carboxylic acids is 2. The molecular formula is C20H30N2O3. The number of esters is 1. The standard InChI is InChI=1S/C20H30N2O3/c1-20(2,3)16-9-7-14(8-10-16)17(12-18(23)25-4)22-19(24)15-6-5-11-21-13-15/h7-10,15,17,21H,5-6,11-13H2,1-4H3,(H,22,24). The van der Waals surface area contributed by atoms with Crippen LogP contribution in [0.15, 0.2) is 24.3 Å². The first-order valence-electron chi connectivity index (χ1n) is 8.99. The predicted octanol–water partition coefficient (Wildman–Crippen LogP) is 2.70. The van der Waals surface area contributed by atoms with Crippen LogP contribution in [0.2, 0.25) is 0 Å². The van der Waals surface area contributed by atoms with Crippen molar-refractivity contribution in [2.24, 2.45) is 5.92 Å². The maximum absolute atomic E-state index is 12.6. The molecule has 138 valence electrons. The van der Waals surface area contributed by atoms with Crippen molar-refractivity contribution in [1.82, 2.24) is 10.6 Å². The summed E-state index contributed by atoms with van der Waals surface area (Å²) in [7, 11) is 1.37. The van der Waals surface area contributed by atoms with Gasteiger partial charge in [-0.15, -0.1) is 0 Å². The van der Waals surface area contributed by atoms with Crippen LogP contribution in [0.3, 0.4) is 0 Å². The summed E-state index contributed by atoms with van der Waals surface area (Å²) in [6.07, 6.45) is 2.02. The van der Waals surface area contributed by atoms with Gasteiger partial charge in [-0.05, 0) is 35.9 Å². The normalized spacial score (nSPS) is 19.1. The molecule has 2 rings (SSSR count). The van der Waals surface area contributed by atoms with Crippen LogP contribution < -0.4 is 10.6 Å². The quantitative estimate of drug-likeness (QED) is 0.805. The number of amides is 1. The maximum Gasteiger partial charge on any atom is 0.307 e. The summed E-state index contributed by atoms with van der Waals surface area (Å²) in [6, 6.07) is 7.75. The minimum Gasteiger partial charge on any atom is -0.469 e. The van der Waals surface area contributed by atoms with Crippen molar-refractivity contribution in [2.45, 2.75) is 51.5 Å². The molecule has 1 aromatic rings. The number of hydrogen-bond acceptors (Lipinski definition) is 4. The highest BCUT2D eigenvalue weighted by atomic mass is 16.5. The Balaban J connectivity index is 2.14. The Kier molecular flexibility index (Phi) is 6.59. The molecule has 1 aliphatic heterocycles. The zero-order valence-corrected chi connectivity index (χ0v) is 15.7. The molecule has 5 nitrogen and oxygen atoms in total. The van der Waals surface area contributed by atoms with Crippen LogP contribution in [0.4, 0.5) is 0 Å². The summed E-state index contributed by atoms with van der Waals surface area (Å²) in [5, 5.41) is 6.30. The number of methoxy groups -OCH3 is 1. The van der Waals surface area contributed by atoms with Gasteiger partial charge in [0.05, 0.1) is 25.5 Å². The minimum atomic E-state index is -0.365. The van der Waals surface area contributed by atoms with E-state index in [2.05, 4.69) is 43.5 Å². The fraction of sp³-hybridized carbons (Fsp3) is 0.600. The molecule has 1 heterocycles. The molecule has 1 fully saturated rings. The third-order valence-electron chi connectivity index (χ3n) is 4.76. The Morgan fingerprint density at radius 3 is 2.48 bits per heavy atom. The molecule has 1 amide bonds. The van der Waals surface area contributed by atoms with E-state index < -0.39 is 0 Å². The fourth-order valence-electron chi connectivity index (χ4n) is 3.08. The Morgan fingerprint density at radius 2 is 1.96 bits per heavy atom. The summed E-state index contributed by atoms with van der Waals surface area (Å²) < 4.78 is 4.80. The number of hydrogen-bond donors (Lipinski definition) is 2. The molecular weight excluding hydrogens is 316 g/mol. The van der Waals surface area contributed by atoms with Crippen molar-refractivity contribution in [3.63, 3.8) is 0 Å². The van der Waals surface area contributed by atoms with Crippen molar-refractivity contribution in [2.75, 3.05) is 20.2 Å². The van der Waals surface area contributed by atoms with Gasteiger partial charge >= 0.3 is 5.97 Å². The van der Waals surface area contributed by atoms with Crippen LogP contribution in [-0.2, 0) is 19.7 Å². The summed E-state index contributed by atoms with van der Waals surface area (Å²) in [6.45, 7) is 8.13. The first-order valence-corrected chi connectivity index (χ1v) is 8.99. The van der Waals surface area contributed by atoms with Crippen LogP contribution in [0.1, 0.15) is 57.2 Å². The van der Waals surface area contributed by atoms with E-state index in [-0.39, 0.29) is 35.7 Å². The molecule has 1 aromatic carbocycles. The van der Waals surface area contributed by atoms with Crippen LogP contribution in [0.25, 0.3) is 0 Å². The third kappa shape index (κ3) is 5.56. The molecule has 1 aliphatic rings. The van der Waals surface area contributed by atoms with Gasteiger partial charge in [-0.1, -0.05) is 45.0 Å². The SMILES string of the molecule is COC(=O)CC(NC(=O)C1CCCNC1)c1ccc(C(C)(C)C)cc1. The molecule has 2 unspecified atom stereocenters. The van der Waals surface area contributed by atoms with Gasteiger partial charge in [-0.2, -0.15) is 0 Å². The monoisotopic (exact) mass is 346 g/mol. The highest BCUT2D eigenvalue weighted by Gasteiger charge is 2.26. The average Bonchev–Trinajstić information content (AvgIpc) is 2.61. The second-order valence-corrected chi connectivity index (χ2v) is 7.76. The number of carbonyl (C=O) groups is 2. The maximum atomic E-state index is 12.6. The van der Waals surface area contributed by atoms with Gasteiger partial charge in [0.15, 0.2) is 0 Å². The largest absolute Gasteiger partial charge is 0.469 e. The van der Waals surface area contributed by atoms with E-state index in [0.717, 1.165) is 24.9 Å². The third-order valence-corrected chi connectivity index (χ3v) is 4.76. The summed E-state index contributed by atoms with van der Waals surface area (Å²) in [5.41, 5.74) is 2.21. The van der Waals surface area contributed by atoms with Gasteiger partial charge in [-0.3, -0.25) is 9.59 Å². The van der Waals surface area contributed by atoms with E-state index in [1.807, 2.05) is 12.1 Å². The molecule has 5 heteroatoms. The lowest BCUT2D eigenvalue weighted by Gasteiger charge is -2.26. The molecule has 25 heavy (non-hydrogen) atoms. The number of piperidine rings is 1. The Bertz CT molecular complexity index is 584. The summed E-state index contributed by atoms with van der Waals surface area (Å²) in [5.74, 6) is -0.365. The molecule has 0 radical (unpaired) electrons.